The molecule has 2 aromatic rings. The monoisotopic (exact) mass is 511 g/mol. The van der Waals surface area contributed by atoms with Gasteiger partial charge in [-0.25, -0.2) is 8.42 Å². The predicted molar refractivity (Wildman–Crippen MR) is 137 cm³/mol. The molecular weight excluding hydrogens is 486 g/mol. The van der Waals surface area contributed by atoms with Gasteiger partial charge in [0.25, 0.3) is 0 Å². The van der Waals surface area contributed by atoms with Crippen molar-refractivity contribution in [3.05, 3.63) is 89.1 Å². The van der Waals surface area contributed by atoms with Crippen LogP contribution >= 0.6 is 11.6 Å². The lowest BCUT2D eigenvalue weighted by Gasteiger charge is -2.28. The number of hydrogen-bond acceptors (Lipinski definition) is 6. The molecule has 2 aliphatic heterocycles. The first kappa shape index (κ1) is 25.0. The van der Waals surface area contributed by atoms with Crippen LogP contribution < -0.4 is 4.72 Å². The fraction of sp³-hybridized carbons (Fsp3) is 0.269. The van der Waals surface area contributed by atoms with Gasteiger partial charge in [0.2, 0.25) is 10.0 Å². The summed E-state index contributed by atoms with van der Waals surface area (Å²) in [5, 5.41) is 0. The minimum absolute atomic E-state index is 0.0370. The fourth-order valence-corrected chi connectivity index (χ4v) is 5.79. The van der Waals surface area contributed by atoms with Crippen LogP contribution in [0.5, 0.6) is 0 Å². The van der Waals surface area contributed by atoms with Gasteiger partial charge in [-0.1, -0.05) is 54.1 Å². The number of esters is 1. The number of nitrogens with one attached hydrogen (secondary N) is 1. The first-order chi connectivity index (χ1) is 16.6. The van der Waals surface area contributed by atoms with E-state index >= 15 is 0 Å². The van der Waals surface area contributed by atoms with Crippen LogP contribution in [0.1, 0.15) is 25.0 Å². The van der Waals surface area contributed by atoms with Crippen molar-refractivity contribution in [2.75, 3.05) is 7.11 Å². The molecule has 0 radical (unpaired) electrons. The molecule has 0 spiro atoms. The Morgan fingerprint density at radius 3 is 2.37 bits per heavy atom. The highest BCUT2D eigenvalue weighted by Crippen LogP contribution is 2.41. The van der Waals surface area contributed by atoms with Gasteiger partial charge in [0.05, 0.1) is 17.7 Å². The number of hydrogen-bond donors (Lipinski definition) is 1. The standard InChI is InChI=1S/C26H26ClN3O4S/c1-17-13-22-23(28-17)14-18(2)29-26(22,27)16-20-9-11-21(12-10-20)35(32,33)30-24(25(31)34-3)15-19-7-5-4-6-8-19/h4-14,24,30H,15-16H2,1-3H3/t24-,26?/m0/s1. The van der Waals surface area contributed by atoms with Crippen LogP contribution in [0.25, 0.3) is 0 Å². The van der Waals surface area contributed by atoms with E-state index < -0.39 is 27.0 Å². The molecule has 1 N–H and O–H groups in total. The summed E-state index contributed by atoms with van der Waals surface area (Å²) in [5.41, 5.74) is 4.91. The Bertz CT molecular complexity index is 1360. The second-order valence-corrected chi connectivity index (χ2v) is 10.9. The third-order valence-corrected chi connectivity index (χ3v) is 7.68. The lowest BCUT2D eigenvalue weighted by molar-refractivity contribution is -0.142. The summed E-state index contributed by atoms with van der Waals surface area (Å²) >= 11 is 6.95. The number of aliphatic imine (C=N–C) groups is 2. The van der Waals surface area contributed by atoms with Crippen LogP contribution in [0.2, 0.25) is 0 Å². The zero-order valence-electron chi connectivity index (χ0n) is 19.7. The minimum Gasteiger partial charge on any atom is -0.468 e. The second-order valence-electron chi connectivity index (χ2n) is 8.56. The zero-order valence-corrected chi connectivity index (χ0v) is 21.2. The normalized spacial score (nSPS) is 20.2. The molecule has 2 aromatic carbocycles. The van der Waals surface area contributed by atoms with Gasteiger partial charge >= 0.3 is 5.97 Å². The van der Waals surface area contributed by atoms with Crippen molar-refractivity contribution in [3.63, 3.8) is 0 Å². The summed E-state index contributed by atoms with van der Waals surface area (Å²) in [7, 11) is -2.75. The lowest BCUT2D eigenvalue weighted by Crippen LogP contribution is -2.43. The maximum atomic E-state index is 13.0. The van der Waals surface area contributed by atoms with Crippen molar-refractivity contribution in [3.8, 4) is 0 Å². The van der Waals surface area contributed by atoms with Gasteiger partial charge in [0.1, 0.15) is 6.04 Å². The van der Waals surface area contributed by atoms with E-state index in [0.29, 0.717) is 6.42 Å². The first-order valence-electron chi connectivity index (χ1n) is 11.1. The molecular formula is C26H26ClN3O4S. The van der Waals surface area contributed by atoms with Crippen LogP contribution in [0.4, 0.5) is 0 Å². The summed E-state index contributed by atoms with van der Waals surface area (Å²) in [6.07, 6.45) is 4.36. The molecule has 4 rings (SSSR count). The number of carbonyl (C=O) groups is 1. The number of allylic oxidation sites excluding steroid dienone is 2. The molecule has 0 fully saturated rings. The molecule has 35 heavy (non-hydrogen) atoms. The maximum Gasteiger partial charge on any atom is 0.324 e. The average Bonchev–Trinajstić information content (AvgIpc) is 3.20. The van der Waals surface area contributed by atoms with Crippen LogP contribution in [0, 0.1) is 0 Å². The van der Waals surface area contributed by atoms with Gasteiger partial charge in [-0.2, -0.15) is 4.72 Å². The largest absolute Gasteiger partial charge is 0.468 e. The van der Waals surface area contributed by atoms with Crippen molar-refractivity contribution >= 4 is 39.0 Å². The Morgan fingerprint density at radius 2 is 1.71 bits per heavy atom. The molecule has 0 amide bonds. The molecule has 0 saturated carbocycles. The van der Waals surface area contributed by atoms with Crippen LogP contribution in [-0.4, -0.2) is 44.0 Å². The summed E-state index contributed by atoms with van der Waals surface area (Å²) in [6, 6.07) is 14.5. The van der Waals surface area contributed by atoms with Crippen molar-refractivity contribution in [2.45, 2.75) is 42.6 Å². The summed E-state index contributed by atoms with van der Waals surface area (Å²) < 4.78 is 33.4. The van der Waals surface area contributed by atoms with E-state index in [4.69, 9.17) is 16.3 Å². The van der Waals surface area contributed by atoms with Crippen molar-refractivity contribution in [1.29, 1.82) is 0 Å². The molecule has 2 atom stereocenters. The molecule has 1 unspecified atom stereocenters. The van der Waals surface area contributed by atoms with Gasteiger partial charge in [-0.05, 0) is 55.7 Å². The lowest BCUT2D eigenvalue weighted by atomic mass is 9.94. The van der Waals surface area contributed by atoms with E-state index in [1.54, 1.807) is 12.1 Å². The number of halogens is 1. The molecule has 182 valence electrons. The summed E-state index contributed by atoms with van der Waals surface area (Å²) in [4.78, 5) is 20.5. The van der Waals surface area contributed by atoms with E-state index in [1.165, 1.54) is 19.2 Å². The number of nitrogens with zero attached hydrogens (tertiary/aromatic N) is 2. The number of carbonyl (C=O) groups excluding carboxylic acids is 1. The van der Waals surface area contributed by atoms with Crippen LogP contribution in [0.3, 0.4) is 0 Å². The number of sulfonamides is 1. The highest BCUT2D eigenvalue weighted by Gasteiger charge is 2.38. The van der Waals surface area contributed by atoms with Gasteiger partial charge in [-0.3, -0.25) is 14.8 Å². The summed E-state index contributed by atoms with van der Waals surface area (Å²) in [5.74, 6) is -0.658. The fourth-order valence-electron chi connectivity index (χ4n) is 4.16. The number of dihydropyridines is 1. The first-order valence-corrected chi connectivity index (χ1v) is 12.9. The Hall–Kier alpha value is -3.07. The average molecular weight is 512 g/mol. The number of rotatable bonds is 8. The van der Waals surface area contributed by atoms with E-state index in [0.717, 1.165) is 33.8 Å². The molecule has 0 saturated heterocycles. The second kappa shape index (κ2) is 9.89. The third-order valence-electron chi connectivity index (χ3n) is 5.78. The smallest absolute Gasteiger partial charge is 0.324 e. The third kappa shape index (κ3) is 5.61. The summed E-state index contributed by atoms with van der Waals surface area (Å²) in [6.45, 7) is 3.78. The van der Waals surface area contributed by atoms with Gasteiger partial charge in [0, 0.05) is 23.4 Å². The molecule has 0 aromatic heterocycles. The van der Waals surface area contributed by atoms with Gasteiger partial charge < -0.3 is 4.74 Å². The Kier molecular flexibility index (Phi) is 7.07. The van der Waals surface area contributed by atoms with E-state index in [2.05, 4.69) is 14.7 Å². The highest BCUT2D eigenvalue weighted by molar-refractivity contribution is 7.89. The van der Waals surface area contributed by atoms with Crippen LogP contribution in [-0.2, 0) is 32.4 Å². The predicted octanol–water partition coefficient (Wildman–Crippen LogP) is 3.99. The highest BCUT2D eigenvalue weighted by atomic mass is 35.5. The number of ether oxygens (including phenoxy) is 1. The van der Waals surface area contributed by atoms with Crippen molar-refractivity contribution < 1.29 is 17.9 Å². The Balaban J connectivity index is 1.52. The van der Waals surface area contributed by atoms with E-state index in [-0.39, 0.29) is 11.3 Å². The number of alkyl halides is 1. The van der Waals surface area contributed by atoms with Crippen LogP contribution in [0.15, 0.2) is 92.9 Å². The van der Waals surface area contributed by atoms with E-state index in [9.17, 15) is 13.2 Å². The molecule has 2 heterocycles. The molecule has 9 heteroatoms. The number of fused-ring (bicyclic) bond motifs is 1. The van der Waals surface area contributed by atoms with Crippen molar-refractivity contribution in [1.82, 2.24) is 4.72 Å². The SMILES string of the molecule is COC(=O)[C@H](Cc1ccccc1)NS(=O)(=O)c1ccc(CC2(Cl)N=C(C)C=C3N=C(C)C=C32)cc1. The zero-order chi connectivity index (χ0) is 25.2. The van der Waals surface area contributed by atoms with Gasteiger partial charge in [0.15, 0.2) is 5.00 Å². The maximum absolute atomic E-state index is 13.0. The quantitative estimate of drug-likeness (QED) is 0.329. The molecule has 0 bridgehead atoms. The molecule has 7 nitrogen and oxygen atoms in total. The molecule has 0 aliphatic carbocycles. The topological polar surface area (TPSA) is 97.2 Å². The van der Waals surface area contributed by atoms with E-state index in [1.807, 2.05) is 56.3 Å². The Labute approximate surface area is 210 Å². The number of methoxy groups -OCH3 is 1. The van der Waals surface area contributed by atoms with Gasteiger partial charge in [-0.15, -0.1) is 0 Å². The molecule has 2 aliphatic rings. The number of benzene rings is 2. The van der Waals surface area contributed by atoms with Crippen molar-refractivity contribution in [2.24, 2.45) is 9.98 Å². The minimum atomic E-state index is -3.98. The Morgan fingerprint density at radius 1 is 1.03 bits per heavy atom.